The Morgan fingerprint density at radius 2 is 2.00 bits per heavy atom. The van der Waals surface area contributed by atoms with Crippen molar-refractivity contribution in [1.82, 2.24) is 14.6 Å². The van der Waals surface area contributed by atoms with Gasteiger partial charge in [0.15, 0.2) is 17.3 Å². The van der Waals surface area contributed by atoms with Crippen molar-refractivity contribution in [3.63, 3.8) is 0 Å². The number of aromatic nitrogens is 3. The van der Waals surface area contributed by atoms with E-state index in [1.807, 2.05) is 0 Å². The molecular weight excluding hydrogens is 358 g/mol. The molecule has 27 heavy (non-hydrogen) atoms. The van der Waals surface area contributed by atoms with E-state index in [1.165, 1.54) is 11.6 Å². The van der Waals surface area contributed by atoms with Gasteiger partial charge in [-0.1, -0.05) is 0 Å². The highest BCUT2D eigenvalue weighted by atomic mass is 19.2. The summed E-state index contributed by atoms with van der Waals surface area (Å²) in [4.78, 5) is 27.2. The van der Waals surface area contributed by atoms with Crippen LogP contribution >= 0.6 is 0 Å². The number of anilines is 1. The normalized spacial score (nSPS) is 14.3. The Hall–Kier alpha value is -3.36. The van der Waals surface area contributed by atoms with Crippen molar-refractivity contribution in [3.8, 4) is 16.9 Å². The SMILES string of the molecule is COc1cc(F)c(F)cc1-c1ccc2nc(NC(=O)C3CC(=O)C3)nn2c1. The molecule has 1 aliphatic rings. The largest absolute Gasteiger partial charge is 0.496 e. The third kappa shape index (κ3) is 3.12. The van der Waals surface area contributed by atoms with E-state index in [1.54, 1.807) is 18.3 Å². The molecule has 2 aromatic heterocycles. The molecule has 2 heterocycles. The van der Waals surface area contributed by atoms with Gasteiger partial charge in [-0.3, -0.25) is 14.9 Å². The lowest BCUT2D eigenvalue weighted by molar-refractivity contribution is -0.135. The third-order valence-electron chi connectivity index (χ3n) is 4.44. The molecule has 1 fully saturated rings. The molecule has 4 rings (SSSR count). The first-order chi connectivity index (χ1) is 12.9. The molecule has 0 radical (unpaired) electrons. The average Bonchev–Trinajstić information content (AvgIpc) is 3.02. The molecule has 9 heteroatoms. The fourth-order valence-electron chi connectivity index (χ4n) is 2.91. The van der Waals surface area contributed by atoms with Gasteiger partial charge in [0, 0.05) is 36.2 Å². The minimum atomic E-state index is -1.00. The van der Waals surface area contributed by atoms with Crippen molar-refractivity contribution in [1.29, 1.82) is 0 Å². The van der Waals surface area contributed by atoms with E-state index in [0.29, 0.717) is 16.8 Å². The number of pyridine rings is 1. The maximum atomic E-state index is 13.6. The van der Waals surface area contributed by atoms with Crippen LogP contribution in [0, 0.1) is 17.6 Å². The summed E-state index contributed by atoms with van der Waals surface area (Å²) in [5.74, 6) is -2.29. The molecule has 0 saturated heterocycles. The maximum absolute atomic E-state index is 13.6. The Balaban J connectivity index is 1.64. The summed E-state index contributed by atoms with van der Waals surface area (Å²) in [5.41, 5.74) is 1.35. The molecule has 7 nitrogen and oxygen atoms in total. The minimum Gasteiger partial charge on any atom is -0.496 e. The standard InChI is InChI=1S/C18H14F2N4O3/c1-27-15-7-14(20)13(19)6-12(15)9-2-3-16-21-18(23-24(16)8-9)22-17(26)10-4-11(25)5-10/h2-3,6-8,10H,4-5H2,1H3,(H,22,23,26). The fourth-order valence-corrected chi connectivity index (χ4v) is 2.91. The van der Waals surface area contributed by atoms with Crippen LogP contribution in [0.1, 0.15) is 12.8 Å². The van der Waals surface area contributed by atoms with Crippen LogP contribution in [0.3, 0.4) is 0 Å². The number of carbonyl (C=O) groups excluding carboxylic acids is 2. The van der Waals surface area contributed by atoms with Crippen molar-refractivity contribution in [2.24, 2.45) is 5.92 Å². The number of halogens is 2. The van der Waals surface area contributed by atoms with Gasteiger partial charge in [-0.05, 0) is 18.2 Å². The number of rotatable bonds is 4. The molecule has 0 bridgehead atoms. The van der Waals surface area contributed by atoms with E-state index in [0.717, 1.165) is 12.1 Å². The van der Waals surface area contributed by atoms with Gasteiger partial charge in [-0.25, -0.2) is 13.3 Å². The molecule has 138 valence electrons. The zero-order chi connectivity index (χ0) is 19.1. The molecule has 1 N–H and O–H groups in total. The molecule has 0 aliphatic heterocycles. The first kappa shape index (κ1) is 17.1. The minimum absolute atomic E-state index is 0.0585. The van der Waals surface area contributed by atoms with Crippen molar-refractivity contribution < 1.29 is 23.1 Å². The number of nitrogens with one attached hydrogen (secondary N) is 1. The molecule has 1 aliphatic carbocycles. The highest BCUT2D eigenvalue weighted by molar-refractivity contribution is 6.01. The van der Waals surface area contributed by atoms with Crippen LogP contribution in [0.4, 0.5) is 14.7 Å². The van der Waals surface area contributed by atoms with E-state index >= 15 is 0 Å². The Labute approximate surface area is 152 Å². The molecule has 0 spiro atoms. The number of ketones is 1. The summed E-state index contributed by atoms with van der Waals surface area (Å²) < 4.78 is 33.6. The number of hydrogen-bond acceptors (Lipinski definition) is 5. The van der Waals surface area contributed by atoms with Crippen molar-refractivity contribution in [3.05, 3.63) is 42.1 Å². The smallest absolute Gasteiger partial charge is 0.249 e. The highest BCUT2D eigenvalue weighted by Gasteiger charge is 2.33. The number of benzene rings is 1. The van der Waals surface area contributed by atoms with Crippen LogP contribution in [0.25, 0.3) is 16.8 Å². The number of methoxy groups -OCH3 is 1. The quantitative estimate of drug-likeness (QED) is 0.761. The van der Waals surface area contributed by atoms with Gasteiger partial charge in [-0.15, -0.1) is 5.10 Å². The first-order valence-electron chi connectivity index (χ1n) is 8.17. The van der Waals surface area contributed by atoms with Crippen LogP contribution in [0.5, 0.6) is 5.75 Å². The average molecular weight is 372 g/mol. The van der Waals surface area contributed by atoms with Crippen LogP contribution in [-0.2, 0) is 9.59 Å². The van der Waals surface area contributed by atoms with Gasteiger partial charge >= 0.3 is 0 Å². The number of fused-ring (bicyclic) bond motifs is 1. The number of hydrogen-bond donors (Lipinski definition) is 1. The van der Waals surface area contributed by atoms with Crippen molar-refractivity contribution >= 4 is 23.3 Å². The Morgan fingerprint density at radius 3 is 2.70 bits per heavy atom. The Bertz CT molecular complexity index is 1070. The lowest BCUT2D eigenvalue weighted by Crippen LogP contribution is -2.34. The van der Waals surface area contributed by atoms with Gasteiger partial charge < -0.3 is 4.74 Å². The predicted octanol–water partition coefficient (Wildman–Crippen LogP) is 2.60. The molecule has 1 aromatic carbocycles. The van der Waals surface area contributed by atoms with Gasteiger partial charge in [0.25, 0.3) is 0 Å². The molecule has 0 unspecified atom stereocenters. The Kier molecular flexibility index (Phi) is 4.06. The zero-order valence-corrected chi connectivity index (χ0v) is 14.2. The number of ether oxygens (including phenoxy) is 1. The molecule has 0 atom stereocenters. The second-order valence-electron chi connectivity index (χ2n) is 6.26. The van der Waals surface area contributed by atoms with E-state index < -0.39 is 11.6 Å². The summed E-state index contributed by atoms with van der Waals surface area (Å²) in [7, 11) is 1.36. The lowest BCUT2D eigenvalue weighted by atomic mass is 9.83. The van der Waals surface area contributed by atoms with Gasteiger partial charge in [0.1, 0.15) is 11.5 Å². The number of amides is 1. The van der Waals surface area contributed by atoms with Gasteiger partial charge in [-0.2, -0.15) is 4.98 Å². The second-order valence-corrected chi connectivity index (χ2v) is 6.26. The molecule has 1 amide bonds. The molecular formula is C18H14F2N4O3. The maximum Gasteiger partial charge on any atom is 0.249 e. The van der Waals surface area contributed by atoms with Crippen molar-refractivity contribution in [2.45, 2.75) is 12.8 Å². The summed E-state index contributed by atoms with van der Waals surface area (Å²) >= 11 is 0. The summed E-state index contributed by atoms with van der Waals surface area (Å²) in [5, 5.41) is 6.76. The highest BCUT2D eigenvalue weighted by Crippen LogP contribution is 2.32. The second kappa shape index (κ2) is 6.42. The first-order valence-corrected chi connectivity index (χ1v) is 8.17. The van der Waals surface area contributed by atoms with E-state index in [2.05, 4.69) is 15.4 Å². The van der Waals surface area contributed by atoms with Crippen LogP contribution in [0.15, 0.2) is 30.5 Å². The predicted molar refractivity (Wildman–Crippen MR) is 91.3 cm³/mol. The number of Topliss-reactive ketones (excluding diaryl/α,β-unsaturated/α-hetero) is 1. The fraction of sp³-hybridized carbons (Fsp3) is 0.222. The zero-order valence-electron chi connectivity index (χ0n) is 14.2. The number of nitrogens with zero attached hydrogens (tertiary/aromatic N) is 3. The van der Waals surface area contributed by atoms with Crippen LogP contribution in [0.2, 0.25) is 0 Å². The van der Waals surface area contributed by atoms with E-state index in [4.69, 9.17) is 4.74 Å². The Morgan fingerprint density at radius 1 is 1.26 bits per heavy atom. The summed E-state index contributed by atoms with van der Waals surface area (Å²) in [6.45, 7) is 0. The number of carbonyl (C=O) groups is 2. The monoisotopic (exact) mass is 372 g/mol. The van der Waals surface area contributed by atoms with E-state index in [9.17, 15) is 18.4 Å². The van der Waals surface area contributed by atoms with Crippen LogP contribution < -0.4 is 10.1 Å². The topological polar surface area (TPSA) is 85.6 Å². The molecule has 1 saturated carbocycles. The molecule has 3 aromatic rings. The van der Waals surface area contributed by atoms with Crippen molar-refractivity contribution in [2.75, 3.05) is 12.4 Å². The van der Waals surface area contributed by atoms with Gasteiger partial charge in [0.2, 0.25) is 11.9 Å². The van der Waals surface area contributed by atoms with Gasteiger partial charge in [0.05, 0.1) is 13.0 Å². The summed E-state index contributed by atoms with van der Waals surface area (Å²) in [6.07, 6.45) is 2.04. The van der Waals surface area contributed by atoms with Crippen LogP contribution in [-0.4, -0.2) is 33.4 Å². The lowest BCUT2D eigenvalue weighted by Gasteiger charge is -2.21. The van der Waals surface area contributed by atoms with E-state index in [-0.39, 0.29) is 42.1 Å². The third-order valence-corrected chi connectivity index (χ3v) is 4.44. The summed E-state index contributed by atoms with van der Waals surface area (Å²) in [6, 6.07) is 5.31.